The summed E-state index contributed by atoms with van der Waals surface area (Å²) in [6, 6.07) is 11.5. The number of rotatable bonds is 4. The van der Waals surface area contributed by atoms with Gasteiger partial charge in [-0.05, 0) is 30.5 Å². The van der Waals surface area contributed by atoms with Crippen LogP contribution < -0.4 is 16.2 Å². The van der Waals surface area contributed by atoms with Gasteiger partial charge in [-0.3, -0.25) is 4.79 Å². The average Bonchev–Trinajstić information content (AvgIpc) is 2.62. The van der Waals surface area contributed by atoms with E-state index in [0.717, 1.165) is 11.5 Å². The maximum absolute atomic E-state index is 13.8. The molecule has 0 aliphatic carbocycles. The van der Waals surface area contributed by atoms with E-state index in [2.05, 4.69) is 15.6 Å². The fourth-order valence-corrected chi connectivity index (χ4v) is 2.68. The third kappa shape index (κ3) is 3.72. The van der Waals surface area contributed by atoms with Gasteiger partial charge in [-0.2, -0.15) is 0 Å². The molecule has 0 saturated carbocycles. The van der Waals surface area contributed by atoms with Gasteiger partial charge in [0.15, 0.2) is 11.6 Å². The topological polar surface area (TPSA) is 74.0 Å². The number of fused-ring (bicyclic) bond motifs is 1. The number of nitrogens with one attached hydrogen (secondary N) is 3. The number of hydrogen-bond donors (Lipinski definition) is 3. The number of benzene rings is 2. The van der Waals surface area contributed by atoms with Crippen molar-refractivity contribution in [3.05, 3.63) is 81.6 Å². The zero-order valence-corrected chi connectivity index (χ0v) is 14.0. The Morgan fingerprint density at radius 2 is 1.92 bits per heavy atom. The van der Waals surface area contributed by atoms with Gasteiger partial charge >= 0.3 is 6.03 Å². The second kappa shape index (κ2) is 7.35. The number of aromatic amines is 1. The molecule has 1 aromatic heterocycles. The van der Waals surface area contributed by atoms with Gasteiger partial charge in [-0.1, -0.05) is 30.3 Å². The van der Waals surface area contributed by atoms with Crippen LogP contribution in [-0.4, -0.2) is 11.0 Å². The molecular formula is C19H17F2N3O2. The summed E-state index contributed by atoms with van der Waals surface area (Å²) in [6.45, 7) is 1.55. The second-order valence-corrected chi connectivity index (χ2v) is 5.90. The Morgan fingerprint density at radius 1 is 1.15 bits per heavy atom. The summed E-state index contributed by atoms with van der Waals surface area (Å²) >= 11 is 0. The Bertz CT molecular complexity index is 1020. The molecule has 0 radical (unpaired) electrons. The lowest BCUT2D eigenvalue weighted by Crippen LogP contribution is -2.38. The molecule has 0 spiro atoms. The Kier molecular flexibility index (Phi) is 4.97. The maximum atomic E-state index is 13.8. The third-order valence-electron chi connectivity index (χ3n) is 4.07. The van der Waals surface area contributed by atoms with Gasteiger partial charge in [0, 0.05) is 23.2 Å². The lowest BCUT2D eigenvalue weighted by atomic mass is 10.1. The standard InChI is InChI=1S/C19H17F2N3O2/c1-11(14-6-4-7-15(20)17(14)21)23-19(26)22-10-13-9-12-5-2-3-8-16(12)24-18(13)25/h2-9,11H,10H2,1H3,(H,24,25)(H2,22,23,26). The zero-order valence-electron chi connectivity index (χ0n) is 14.0. The van der Waals surface area contributed by atoms with Gasteiger partial charge in [0.25, 0.3) is 5.56 Å². The third-order valence-corrected chi connectivity index (χ3v) is 4.07. The van der Waals surface area contributed by atoms with Crippen LogP contribution in [-0.2, 0) is 6.54 Å². The molecule has 1 heterocycles. The van der Waals surface area contributed by atoms with E-state index in [9.17, 15) is 18.4 Å². The monoisotopic (exact) mass is 357 g/mol. The smallest absolute Gasteiger partial charge is 0.315 e. The lowest BCUT2D eigenvalue weighted by molar-refractivity contribution is 0.237. The van der Waals surface area contributed by atoms with E-state index in [-0.39, 0.29) is 17.7 Å². The van der Waals surface area contributed by atoms with Crippen LogP contribution in [0.2, 0.25) is 0 Å². The summed E-state index contributed by atoms with van der Waals surface area (Å²) in [5.41, 5.74) is 0.848. The second-order valence-electron chi connectivity index (χ2n) is 5.90. The van der Waals surface area contributed by atoms with Gasteiger partial charge in [0.2, 0.25) is 0 Å². The number of carbonyl (C=O) groups excluding carboxylic acids is 1. The van der Waals surface area contributed by atoms with Gasteiger partial charge < -0.3 is 15.6 Å². The molecule has 1 atom stereocenters. The summed E-state index contributed by atoms with van der Waals surface area (Å²) in [7, 11) is 0. The Labute approximate surface area is 148 Å². The van der Waals surface area contributed by atoms with Crippen molar-refractivity contribution < 1.29 is 13.6 Å². The quantitative estimate of drug-likeness (QED) is 0.670. The molecule has 0 saturated heterocycles. The predicted octanol–water partition coefficient (Wildman–Crippen LogP) is 3.37. The lowest BCUT2D eigenvalue weighted by Gasteiger charge is -2.16. The van der Waals surface area contributed by atoms with Crippen molar-refractivity contribution in [1.82, 2.24) is 15.6 Å². The number of amides is 2. The molecule has 3 rings (SSSR count). The first-order valence-corrected chi connectivity index (χ1v) is 8.05. The van der Waals surface area contributed by atoms with Crippen LogP contribution in [0.15, 0.2) is 53.3 Å². The molecule has 7 heteroatoms. The Hall–Kier alpha value is -3.22. The molecule has 2 aromatic carbocycles. The number of pyridine rings is 1. The number of H-pyrrole nitrogens is 1. The zero-order chi connectivity index (χ0) is 18.7. The highest BCUT2D eigenvalue weighted by molar-refractivity contribution is 5.79. The normalized spacial score (nSPS) is 12.0. The molecule has 26 heavy (non-hydrogen) atoms. The van der Waals surface area contributed by atoms with Crippen molar-refractivity contribution >= 4 is 16.9 Å². The first-order valence-electron chi connectivity index (χ1n) is 8.05. The number of halogens is 2. The van der Waals surface area contributed by atoms with E-state index in [0.29, 0.717) is 11.1 Å². The number of carbonyl (C=O) groups is 1. The van der Waals surface area contributed by atoms with Gasteiger partial charge in [-0.15, -0.1) is 0 Å². The van der Waals surface area contributed by atoms with Crippen LogP contribution in [0.25, 0.3) is 10.9 Å². The minimum Gasteiger partial charge on any atom is -0.334 e. The van der Waals surface area contributed by atoms with Gasteiger partial charge in [0.1, 0.15) is 0 Å². The molecule has 0 bridgehead atoms. The molecule has 3 N–H and O–H groups in total. The van der Waals surface area contributed by atoms with E-state index in [1.54, 1.807) is 19.1 Å². The molecule has 3 aromatic rings. The number of para-hydroxylation sites is 1. The summed E-state index contributed by atoms with van der Waals surface area (Å²) in [6.07, 6.45) is 0. The van der Waals surface area contributed by atoms with Gasteiger partial charge in [-0.25, -0.2) is 13.6 Å². The molecule has 2 amide bonds. The minimum absolute atomic E-state index is 0.00432. The summed E-state index contributed by atoms with van der Waals surface area (Å²) < 4.78 is 27.0. The number of hydrogen-bond acceptors (Lipinski definition) is 2. The molecular weight excluding hydrogens is 340 g/mol. The van der Waals surface area contributed by atoms with E-state index < -0.39 is 23.7 Å². The Morgan fingerprint density at radius 3 is 2.73 bits per heavy atom. The van der Waals surface area contributed by atoms with Crippen LogP contribution in [0.4, 0.5) is 13.6 Å². The van der Waals surface area contributed by atoms with Crippen molar-refractivity contribution in [2.45, 2.75) is 19.5 Å². The van der Waals surface area contributed by atoms with Crippen LogP contribution in [0.5, 0.6) is 0 Å². The van der Waals surface area contributed by atoms with Crippen molar-refractivity contribution in [3.8, 4) is 0 Å². The van der Waals surface area contributed by atoms with E-state index in [1.807, 2.05) is 18.2 Å². The highest BCUT2D eigenvalue weighted by Crippen LogP contribution is 2.18. The van der Waals surface area contributed by atoms with E-state index in [4.69, 9.17) is 0 Å². The average molecular weight is 357 g/mol. The fraction of sp³-hybridized carbons (Fsp3) is 0.158. The summed E-state index contributed by atoms with van der Waals surface area (Å²) in [4.78, 5) is 26.8. The van der Waals surface area contributed by atoms with Crippen molar-refractivity contribution in [1.29, 1.82) is 0 Å². The maximum Gasteiger partial charge on any atom is 0.315 e. The first-order chi connectivity index (χ1) is 12.5. The molecule has 5 nitrogen and oxygen atoms in total. The molecule has 0 fully saturated rings. The highest BCUT2D eigenvalue weighted by Gasteiger charge is 2.16. The van der Waals surface area contributed by atoms with Crippen molar-refractivity contribution in [3.63, 3.8) is 0 Å². The van der Waals surface area contributed by atoms with E-state index in [1.165, 1.54) is 12.1 Å². The summed E-state index contributed by atoms with van der Waals surface area (Å²) in [5.74, 6) is -1.97. The van der Waals surface area contributed by atoms with Gasteiger partial charge in [0.05, 0.1) is 6.04 Å². The highest BCUT2D eigenvalue weighted by atomic mass is 19.2. The molecule has 1 unspecified atom stereocenters. The molecule has 0 aliphatic rings. The van der Waals surface area contributed by atoms with Crippen LogP contribution in [0.3, 0.4) is 0 Å². The van der Waals surface area contributed by atoms with Crippen LogP contribution in [0, 0.1) is 11.6 Å². The van der Waals surface area contributed by atoms with E-state index >= 15 is 0 Å². The minimum atomic E-state index is -0.994. The first kappa shape index (κ1) is 17.6. The SMILES string of the molecule is CC(NC(=O)NCc1cc2ccccc2[nH]c1=O)c1cccc(F)c1F. The number of urea groups is 1. The largest absolute Gasteiger partial charge is 0.334 e. The predicted molar refractivity (Wildman–Crippen MR) is 94.7 cm³/mol. The van der Waals surface area contributed by atoms with Crippen molar-refractivity contribution in [2.75, 3.05) is 0 Å². The summed E-state index contributed by atoms with van der Waals surface area (Å²) in [5, 5.41) is 5.92. The van der Waals surface area contributed by atoms with Crippen LogP contribution in [0.1, 0.15) is 24.1 Å². The fourth-order valence-electron chi connectivity index (χ4n) is 2.68. The van der Waals surface area contributed by atoms with Crippen LogP contribution >= 0.6 is 0 Å². The number of aromatic nitrogens is 1. The van der Waals surface area contributed by atoms with Crippen molar-refractivity contribution in [2.24, 2.45) is 0 Å². The molecule has 134 valence electrons. The molecule has 0 aliphatic heterocycles. The Balaban J connectivity index is 1.66.